The summed E-state index contributed by atoms with van der Waals surface area (Å²) in [6.45, 7) is 11.7. The van der Waals surface area contributed by atoms with Crippen LogP contribution in [0, 0.1) is 52.3 Å². The molecule has 1 aliphatic heterocycles. The average Bonchev–Trinajstić information content (AvgIpc) is 3.32. The molecular weight excluding hydrogens is 723 g/mol. The van der Waals surface area contributed by atoms with Crippen LogP contribution in [0.3, 0.4) is 0 Å². The van der Waals surface area contributed by atoms with Gasteiger partial charge in [0.1, 0.15) is 30.5 Å². The predicted octanol–water partition coefficient (Wildman–Crippen LogP) is 3.75. The zero-order valence-corrected chi connectivity index (χ0v) is 32.9. The number of aliphatic hydroxyl groups excluding tert-OH is 4. The fraction of sp³-hybridized carbons (Fsp3) is 0.971. The molecule has 0 spiro atoms. The fourth-order valence-electron chi connectivity index (χ4n) is 11.5. The Bertz CT molecular complexity index is 1410. The molecule has 10 unspecified atom stereocenters. The van der Waals surface area contributed by atoms with E-state index >= 15 is 0 Å². The third kappa shape index (κ3) is 8.78. The lowest BCUT2D eigenvalue weighted by Crippen LogP contribution is -2.59. The Morgan fingerprint density at radius 2 is 1.58 bits per heavy atom. The molecule has 5 aliphatic rings. The minimum atomic E-state index is -5.11. The van der Waals surface area contributed by atoms with Crippen molar-refractivity contribution in [3.63, 3.8) is 0 Å². The van der Waals surface area contributed by atoms with Gasteiger partial charge in [-0.3, -0.25) is 18.4 Å². The van der Waals surface area contributed by atoms with Gasteiger partial charge < -0.3 is 34.8 Å². The normalized spacial score (nSPS) is 45.4. The zero-order valence-electron chi connectivity index (χ0n) is 31.2. The average molecular weight is 785 g/mol. The van der Waals surface area contributed by atoms with E-state index in [1.807, 2.05) is 0 Å². The summed E-state index contributed by atoms with van der Waals surface area (Å²) in [5.74, 6) is 0.313. The number of hydrogen-bond acceptors (Lipinski definition) is 13. The molecule has 6 N–H and O–H groups in total. The molecule has 0 bridgehead atoms. The number of carbonyl (C=O) groups excluding carboxylic acids is 1. The SMILES string of the molecule is CC(=O)O[C@H]1CC2C3C[C@H](OP(=O)(O)OC4OC(CO)C(O)C(O)C4O)C4C[C@@H](OS(=O)(=O)O)CC[C@]4(C)C3CC[C@]2(C)[C@H]1[C@H](C)CCCC(C)C. The van der Waals surface area contributed by atoms with Crippen LogP contribution in [0.25, 0.3) is 0 Å². The summed E-state index contributed by atoms with van der Waals surface area (Å²) in [4.78, 5) is 23.6. The van der Waals surface area contributed by atoms with E-state index in [1.54, 1.807) is 0 Å². The van der Waals surface area contributed by atoms with Crippen LogP contribution < -0.4 is 0 Å². The Morgan fingerprint density at radius 3 is 2.19 bits per heavy atom. The lowest BCUT2D eigenvalue weighted by atomic mass is 9.43. The second kappa shape index (κ2) is 16.0. The third-order valence-electron chi connectivity index (χ3n) is 13.7. The monoisotopic (exact) mass is 784 g/mol. The van der Waals surface area contributed by atoms with E-state index in [1.165, 1.54) is 6.92 Å². The van der Waals surface area contributed by atoms with Crippen LogP contribution in [0.2, 0.25) is 0 Å². The van der Waals surface area contributed by atoms with E-state index in [9.17, 15) is 47.6 Å². The second-order valence-electron chi connectivity index (χ2n) is 17.3. The van der Waals surface area contributed by atoms with Crippen LogP contribution in [0.4, 0.5) is 0 Å². The van der Waals surface area contributed by atoms with E-state index in [2.05, 4.69) is 34.6 Å². The Balaban J connectivity index is 1.46. The predicted molar refractivity (Wildman–Crippen MR) is 185 cm³/mol. The van der Waals surface area contributed by atoms with Gasteiger partial charge in [0.05, 0.1) is 18.8 Å². The molecule has 4 saturated carbocycles. The summed E-state index contributed by atoms with van der Waals surface area (Å²) >= 11 is 0. The Morgan fingerprint density at radius 1 is 0.904 bits per heavy atom. The van der Waals surface area contributed by atoms with Gasteiger partial charge in [-0.2, -0.15) is 8.42 Å². The number of aliphatic hydroxyl groups is 4. The molecule has 0 aromatic rings. The van der Waals surface area contributed by atoms with Gasteiger partial charge >= 0.3 is 24.2 Å². The second-order valence-corrected chi connectivity index (χ2v) is 19.7. The van der Waals surface area contributed by atoms with Gasteiger partial charge in [-0.05, 0) is 91.3 Å². The number of phosphoric acid groups is 1. The molecule has 5 fully saturated rings. The fourth-order valence-corrected chi connectivity index (χ4v) is 13.1. The zero-order chi connectivity index (χ0) is 38.6. The Hall–Kier alpha value is -0.750. The van der Waals surface area contributed by atoms with Crippen LogP contribution in [0.1, 0.15) is 106 Å². The van der Waals surface area contributed by atoms with E-state index in [4.69, 9.17) is 22.7 Å². The molecule has 5 rings (SSSR count). The molecule has 15 nitrogen and oxygen atoms in total. The molecule has 0 radical (unpaired) electrons. The van der Waals surface area contributed by atoms with Gasteiger partial charge in [0.2, 0.25) is 0 Å². The number of ether oxygens (including phenoxy) is 2. The first-order valence-electron chi connectivity index (χ1n) is 18.9. The van der Waals surface area contributed by atoms with Crippen molar-refractivity contribution in [3.05, 3.63) is 0 Å². The van der Waals surface area contributed by atoms with Crippen molar-refractivity contribution in [2.45, 2.75) is 155 Å². The number of esters is 1. The van der Waals surface area contributed by atoms with Crippen molar-refractivity contribution in [2.24, 2.45) is 52.3 Å². The van der Waals surface area contributed by atoms with Gasteiger partial charge in [0.25, 0.3) is 0 Å². The van der Waals surface area contributed by atoms with Crippen molar-refractivity contribution in [2.75, 3.05) is 6.61 Å². The van der Waals surface area contributed by atoms with Crippen molar-refractivity contribution < 1.29 is 70.4 Å². The third-order valence-corrected chi connectivity index (χ3v) is 15.2. The Labute approximate surface area is 307 Å². The molecule has 1 saturated heterocycles. The van der Waals surface area contributed by atoms with E-state index in [-0.39, 0.29) is 53.5 Å². The number of carbonyl (C=O) groups is 1. The first-order valence-corrected chi connectivity index (χ1v) is 21.8. The summed E-state index contributed by atoms with van der Waals surface area (Å²) in [6, 6.07) is 0. The highest BCUT2D eigenvalue weighted by Crippen LogP contribution is 2.70. The van der Waals surface area contributed by atoms with Crippen LogP contribution in [0.5, 0.6) is 0 Å². The molecule has 17 heteroatoms. The van der Waals surface area contributed by atoms with Crippen LogP contribution in [-0.2, 0) is 42.5 Å². The first-order chi connectivity index (χ1) is 24.1. The largest absolute Gasteiger partial charge is 0.474 e. The highest BCUT2D eigenvalue weighted by atomic mass is 32.3. The lowest BCUT2D eigenvalue weighted by molar-refractivity contribution is -0.282. The molecule has 0 amide bonds. The molecule has 0 aromatic carbocycles. The Kier molecular flexibility index (Phi) is 13.1. The lowest BCUT2D eigenvalue weighted by Gasteiger charge is -2.62. The van der Waals surface area contributed by atoms with E-state index in [0.29, 0.717) is 31.6 Å². The minimum absolute atomic E-state index is 0.0257. The summed E-state index contributed by atoms with van der Waals surface area (Å²) < 4.78 is 74.5. The highest BCUT2D eigenvalue weighted by molar-refractivity contribution is 7.80. The first kappa shape index (κ1) is 42.4. The van der Waals surface area contributed by atoms with Gasteiger partial charge in [-0.25, -0.2) is 8.75 Å². The van der Waals surface area contributed by atoms with Crippen LogP contribution >= 0.6 is 7.82 Å². The quantitative estimate of drug-likeness (QED) is 0.0887. The summed E-state index contributed by atoms with van der Waals surface area (Å²) in [6.07, 6.45) is -4.19. The molecule has 1 heterocycles. The molecule has 302 valence electrons. The standard InChI is InChI=1S/C35H61O15PS/c1-18(2)8-7-9-19(3)29-27(46-20(4)37)16-24-22-15-26(48-51(41,42)49-33-32(40)31(39)30(38)28(17-36)47-33)25-14-21(50-52(43,44)45)10-12-34(25,5)23(22)11-13-35(24,29)6/h18-19,21-33,36,38-40H,7-17H2,1-6H3,(H,41,42)(H,43,44,45)/t19-,21+,22?,23?,24?,25?,26+,27+,28?,29+,30?,31?,32?,33?,34-,35+/m1/s1. The summed E-state index contributed by atoms with van der Waals surface area (Å²) in [7, 11) is -9.90. The van der Waals surface area contributed by atoms with Gasteiger partial charge in [-0.15, -0.1) is 0 Å². The molecular formula is C35H61O15PS. The number of hydrogen-bond donors (Lipinski definition) is 6. The molecule has 17 atom stereocenters. The van der Waals surface area contributed by atoms with Gasteiger partial charge in [0.15, 0.2) is 6.29 Å². The van der Waals surface area contributed by atoms with Crippen molar-refractivity contribution in [1.82, 2.24) is 0 Å². The van der Waals surface area contributed by atoms with Crippen molar-refractivity contribution in [3.8, 4) is 0 Å². The topological polar surface area (TPSA) is 236 Å². The van der Waals surface area contributed by atoms with Crippen LogP contribution in [0.15, 0.2) is 0 Å². The number of phosphoric ester groups is 1. The molecule has 4 aliphatic carbocycles. The van der Waals surface area contributed by atoms with Crippen molar-refractivity contribution >= 4 is 24.2 Å². The molecule has 52 heavy (non-hydrogen) atoms. The van der Waals surface area contributed by atoms with E-state index in [0.717, 1.165) is 32.1 Å². The van der Waals surface area contributed by atoms with Gasteiger partial charge in [0, 0.05) is 12.8 Å². The number of rotatable bonds is 13. The molecule has 0 aromatic heterocycles. The summed E-state index contributed by atoms with van der Waals surface area (Å²) in [5.41, 5.74) is -0.706. The van der Waals surface area contributed by atoms with E-state index < -0.39 is 79.1 Å². The highest BCUT2D eigenvalue weighted by Gasteiger charge is 2.66. The summed E-state index contributed by atoms with van der Waals surface area (Å²) in [5, 5.41) is 40.5. The maximum absolute atomic E-state index is 13.8. The maximum atomic E-state index is 13.8. The number of fused-ring (bicyclic) bond motifs is 5. The van der Waals surface area contributed by atoms with Crippen LogP contribution in [-0.4, -0.2) is 99.9 Å². The maximum Gasteiger partial charge on any atom is 0.474 e. The smallest absolute Gasteiger partial charge is 0.462 e. The van der Waals surface area contributed by atoms with Crippen molar-refractivity contribution in [1.29, 1.82) is 0 Å². The van der Waals surface area contributed by atoms with Gasteiger partial charge in [-0.1, -0.05) is 53.9 Å². The minimum Gasteiger partial charge on any atom is -0.462 e.